The molecule has 0 aliphatic heterocycles. The highest BCUT2D eigenvalue weighted by Gasteiger charge is 2.49. The van der Waals surface area contributed by atoms with Gasteiger partial charge >= 0.3 is 0 Å². The molecule has 0 saturated heterocycles. The van der Waals surface area contributed by atoms with Crippen molar-refractivity contribution in [3.8, 4) is 6.07 Å². The quantitative estimate of drug-likeness (QED) is 0.733. The van der Waals surface area contributed by atoms with E-state index in [9.17, 15) is 5.26 Å². The maximum Gasteiger partial charge on any atom is 0.110 e. The van der Waals surface area contributed by atoms with Crippen LogP contribution in [0.25, 0.3) is 0 Å². The fourth-order valence-electron chi connectivity index (χ4n) is 2.89. The number of hydrogen-bond donors (Lipinski definition) is 1. The van der Waals surface area contributed by atoms with Gasteiger partial charge in [0.1, 0.15) is 5.54 Å². The molecule has 2 unspecified atom stereocenters. The topological polar surface area (TPSA) is 35.8 Å². The Hall–Kier alpha value is -0.550. The van der Waals surface area contributed by atoms with E-state index in [1.54, 1.807) is 0 Å². The number of hydrogen-bond acceptors (Lipinski definition) is 2. The van der Waals surface area contributed by atoms with Crippen molar-refractivity contribution in [2.24, 2.45) is 11.3 Å². The van der Waals surface area contributed by atoms with E-state index < -0.39 is 0 Å². The van der Waals surface area contributed by atoms with Crippen LogP contribution < -0.4 is 5.32 Å². The van der Waals surface area contributed by atoms with Crippen LogP contribution in [0, 0.1) is 22.7 Å². The van der Waals surface area contributed by atoms with Gasteiger partial charge in [0.05, 0.1) is 6.07 Å². The molecule has 0 heterocycles. The molecule has 14 heavy (non-hydrogen) atoms. The number of nitrogens with one attached hydrogen (secondary N) is 1. The summed E-state index contributed by atoms with van der Waals surface area (Å²) in [6, 6.07) is 2.88. The molecule has 0 aromatic carbocycles. The number of nitrogens with zero attached hydrogens (tertiary/aromatic N) is 1. The summed E-state index contributed by atoms with van der Waals surface area (Å²) in [5, 5.41) is 12.8. The summed E-state index contributed by atoms with van der Waals surface area (Å²) < 4.78 is 0. The molecule has 2 heteroatoms. The van der Waals surface area contributed by atoms with Gasteiger partial charge in [0.25, 0.3) is 0 Å². The molecule has 1 rings (SSSR count). The van der Waals surface area contributed by atoms with Gasteiger partial charge in [0, 0.05) is 6.04 Å². The zero-order valence-electron chi connectivity index (χ0n) is 10.0. The smallest absolute Gasteiger partial charge is 0.110 e. The second kappa shape index (κ2) is 3.55. The van der Waals surface area contributed by atoms with E-state index in [1.807, 2.05) is 0 Å². The van der Waals surface area contributed by atoms with Crippen LogP contribution in [0.3, 0.4) is 0 Å². The second-order valence-corrected chi connectivity index (χ2v) is 5.83. The van der Waals surface area contributed by atoms with Crippen LogP contribution in [0.2, 0.25) is 0 Å². The number of rotatable bonds is 2. The minimum atomic E-state index is -0.294. The zero-order chi connectivity index (χ0) is 11.0. The summed E-state index contributed by atoms with van der Waals surface area (Å²) in [4.78, 5) is 0. The van der Waals surface area contributed by atoms with Crippen LogP contribution in [0.1, 0.15) is 47.5 Å². The number of nitriles is 1. The van der Waals surface area contributed by atoms with Crippen molar-refractivity contribution >= 4 is 0 Å². The Labute approximate surface area is 87.7 Å². The molecule has 1 aliphatic rings. The Morgan fingerprint density at radius 1 is 1.43 bits per heavy atom. The van der Waals surface area contributed by atoms with Crippen LogP contribution in [-0.2, 0) is 0 Å². The van der Waals surface area contributed by atoms with Crippen LogP contribution in [0.5, 0.6) is 0 Å². The van der Waals surface area contributed by atoms with Crippen molar-refractivity contribution in [2.45, 2.75) is 59.0 Å². The first-order chi connectivity index (χ1) is 6.31. The maximum absolute atomic E-state index is 9.36. The summed E-state index contributed by atoms with van der Waals surface area (Å²) in [7, 11) is 0. The largest absolute Gasteiger partial charge is 0.297 e. The average molecular weight is 194 g/mol. The third-order valence-corrected chi connectivity index (χ3v) is 3.20. The van der Waals surface area contributed by atoms with Gasteiger partial charge in [-0.1, -0.05) is 20.8 Å². The minimum Gasteiger partial charge on any atom is -0.297 e. The summed E-state index contributed by atoms with van der Waals surface area (Å²) >= 11 is 0. The van der Waals surface area contributed by atoms with Crippen molar-refractivity contribution < 1.29 is 0 Å². The summed E-state index contributed by atoms with van der Waals surface area (Å²) in [5.74, 6) is 0.449. The fourth-order valence-corrected chi connectivity index (χ4v) is 2.89. The van der Waals surface area contributed by atoms with Gasteiger partial charge in [-0.25, -0.2) is 0 Å². The molecule has 0 spiro atoms. The highest BCUT2D eigenvalue weighted by atomic mass is 15.0. The standard InChI is InChI=1S/C12H22N2/c1-9(2)14-12(8-13)7-11(4,5)6-10(12)3/h9-10,14H,6-7H2,1-5H3. The molecule has 1 N–H and O–H groups in total. The fraction of sp³-hybridized carbons (Fsp3) is 0.917. The van der Waals surface area contributed by atoms with Gasteiger partial charge in [-0.15, -0.1) is 0 Å². The lowest BCUT2D eigenvalue weighted by molar-refractivity contribution is 0.300. The third kappa shape index (κ3) is 2.09. The van der Waals surface area contributed by atoms with Crippen molar-refractivity contribution in [1.82, 2.24) is 5.32 Å². The van der Waals surface area contributed by atoms with E-state index in [1.165, 1.54) is 0 Å². The van der Waals surface area contributed by atoms with Crippen LogP contribution in [-0.4, -0.2) is 11.6 Å². The molecule has 1 fully saturated rings. The van der Waals surface area contributed by atoms with E-state index >= 15 is 0 Å². The Morgan fingerprint density at radius 3 is 2.29 bits per heavy atom. The van der Waals surface area contributed by atoms with Crippen LogP contribution >= 0.6 is 0 Å². The van der Waals surface area contributed by atoms with Crippen LogP contribution in [0.4, 0.5) is 0 Å². The van der Waals surface area contributed by atoms with Crippen molar-refractivity contribution in [1.29, 1.82) is 5.26 Å². The molecule has 0 bridgehead atoms. The Bertz CT molecular complexity index is 250. The van der Waals surface area contributed by atoms with E-state index in [-0.39, 0.29) is 5.54 Å². The molecule has 2 nitrogen and oxygen atoms in total. The summed E-state index contributed by atoms with van der Waals surface area (Å²) in [6.07, 6.45) is 2.11. The van der Waals surface area contributed by atoms with E-state index in [2.05, 4.69) is 46.0 Å². The molecule has 0 amide bonds. The van der Waals surface area contributed by atoms with Gasteiger partial charge in [-0.3, -0.25) is 5.32 Å². The Balaban J connectivity index is 2.86. The predicted octanol–water partition coefficient (Wildman–Crippen LogP) is 2.70. The Morgan fingerprint density at radius 2 is 2.00 bits per heavy atom. The monoisotopic (exact) mass is 194 g/mol. The SMILES string of the molecule is CC(C)NC1(C#N)CC(C)(C)CC1C. The van der Waals surface area contributed by atoms with E-state index in [4.69, 9.17) is 0 Å². The van der Waals surface area contributed by atoms with Gasteiger partial charge in [0.15, 0.2) is 0 Å². The van der Waals surface area contributed by atoms with Crippen molar-refractivity contribution in [3.63, 3.8) is 0 Å². The van der Waals surface area contributed by atoms with Gasteiger partial charge in [-0.2, -0.15) is 5.26 Å². The van der Waals surface area contributed by atoms with Gasteiger partial charge in [0.2, 0.25) is 0 Å². The van der Waals surface area contributed by atoms with Crippen molar-refractivity contribution in [3.05, 3.63) is 0 Å². The van der Waals surface area contributed by atoms with Crippen LogP contribution in [0.15, 0.2) is 0 Å². The normalized spacial score (nSPS) is 35.9. The molecular weight excluding hydrogens is 172 g/mol. The highest BCUT2D eigenvalue weighted by Crippen LogP contribution is 2.47. The second-order valence-electron chi connectivity index (χ2n) is 5.83. The zero-order valence-corrected chi connectivity index (χ0v) is 10.0. The summed E-state index contributed by atoms with van der Waals surface area (Å²) in [6.45, 7) is 10.9. The molecule has 80 valence electrons. The first kappa shape index (κ1) is 11.5. The van der Waals surface area contributed by atoms with Crippen molar-refractivity contribution in [2.75, 3.05) is 0 Å². The molecule has 1 aliphatic carbocycles. The van der Waals surface area contributed by atoms with Gasteiger partial charge in [-0.05, 0) is 38.0 Å². The molecular formula is C12H22N2. The first-order valence-corrected chi connectivity index (χ1v) is 5.50. The molecule has 1 saturated carbocycles. The van der Waals surface area contributed by atoms with E-state index in [0.29, 0.717) is 17.4 Å². The lowest BCUT2D eigenvalue weighted by Crippen LogP contribution is -2.49. The Kier molecular flexibility index (Phi) is 2.92. The summed E-state index contributed by atoms with van der Waals surface area (Å²) in [5.41, 5.74) is 0.00863. The maximum atomic E-state index is 9.36. The predicted molar refractivity (Wildman–Crippen MR) is 58.8 cm³/mol. The molecule has 0 aromatic heterocycles. The van der Waals surface area contributed by atoms with E-state index in [0.717, 1.165) is 12.8 Å². The average Bonchev–Trinajstić information content (AvgIpc) is 2.21. The minimum absolute atomic E-state index is 0.294. The highest BCUT2D eigenvalue weighted by molar-refractivity contribution is 5.17. The lowest BCUT2D eigenvalue weighted by atomic mass is 9.87. The third-order valence-electron chi connectivity index (χ3n) is 3.20. The molecule has 0 radical (unpaired) electrons. The molecule has 2 atom stereocenters. The van der Waals surface area contributed by atoms with Gasteiger partial charge < -0.3 is 0 Å². The lowest BCUT2D eigenvalue weighted by Gasteiger charge is -2.30. The first-order valence-electron chi connectivity index (χ1n) is 5.50. The molecule has 0 aromatic rings.